The van der Waals surface area contributed by atoms with Crippen molar-refractivity contribution in [3.8, 4) is 6.07 Å². The summed E-state index contributed by atoms with van der Waals surface area (Å²) in [6.07, 6.45) is 3.99. The molecule has 0 radical (unpaired) electrons. The Bertz CT molecular complexity index is 735. The van der Waals surface area contributed by atoms with Crippen LogP contribution in [0.25, 0.3) is 0 Å². The molecule has 0 N–H and O–H groups in total. The van der Waals surface area contributed by atoms with E-state index in [2.05, 4.69) is 4.98 Å². The highest BCUT2D eigenvalue weighted by Gasteiger charge is 2.20. The van der Waals surface area contributed by atoms with Crippen molar-refractivity contribution in [2.24, 2.45) is 0 Å². The van der Waals surface area contributed by atoms with Gasteiger partial charge in [0.1, 0.15) is 0 Å². The Balaban J connectivity index is 2.09. The van der Waals surface area contributed by atoms with Crippen molar-refractivity contribution in [3.63, 3.8) is 0 Å². The van der Waals surface area contributed by atoms with Crippen LogP contribution in [0, 0.1) is 11.3 Å². The van der Waals surface area contributed by atoms with Crippen molar-refractivity contribution in [3.05, 3.63) is 59.9 Å². The van der Waals surface area contributed by atoms with Crippen LogP contribution in [0.1, 0.15) is 11.1 Å². The number of nitriles is 1. The molecule has 0 bridgehead atoms. The zero-order valence-electron chi connectivity index (χ0n) is 11.6. The largest absolute Gasteiger partial charge is 0.265 e. The number of sulfonamides is 1. The van der Waals surface area contributed by atoms with E-state index in [-0.39, 0.29) is 4.90 Å². The number of pyridine rings is 1. The molecule has 0 saturated heterocycles. The summed E-state index contributed by atoms with van der Waals surface area (Å²) in [4.78, 5) is 4.12. The average molecular weight is 301 g/mol. The Morgan fingerprint density at radius 1 is 1.14 bits per heavy atom. The molecule has 0 saturated carbocycles. The summed E-state index contributed by atoms with van der Waals surface area (Å²) >= 11 is 0. The van der Waals surface area contributed by atoms with E-state index in [0.717, 1.165) is 5.56 Å². The summed E-state index contributed by atoms with van der Waals surface area (Å²) in [6, 6.07) is 11.6. The van der Waals surface area contributed by atoms with E-state index in [1.807, 2.05) is 18.2 Å². The molecule has 0 unspecified atom stereocenters. The zero-order chi connectivity index (χ0) is 15.3. The number of hydrogen-bond donors (Lipinski definition) is 0. The summed E-state index contributed by atoms with van der Waals surface area (Å²) in [5.74, 6) is 0. The lowest BCUT2D eigenvalue weighted by Crippen LogP contribution is -2.29. The monoisotopic (exact) mass is 301 g/mol. The van der Waals surface area contributed by atoms with E-state index >= 15 is 0 Å². The van der Waals surface area contributed by atoms with Gasteiger partial charge in [-0.3, -0.25) is 4.98 Å². The van der Waals surface area contributed by atoms with E-state index in [1.165, 1.54) is 28.6 Å². The molecular weight excluding hydrogens is 286 g/mol. The molecule has 1 aromatic carbocycles. The molecule has 0 aliphatic rings. The highest BCUT2D eigenvalue weighted by molar-refractivity contribution is 7.89. The molecule has 108 valence electrons. The molecule has 1 heterocycles. The van der Waals surface area contributed by atoms with Gasteiger partial charge in [0, 0.05) is 26.0 Å². The van der Waals surface area contributed by atoms with Gasteiger partial charge in [-0.2, -0.15) is 5.26 Å². The van der Waals surface area contributed by atoms with Gasteiger partial charge in [-0.15, -0.1) is 0 Å². The van der Waals surface area contributed by atoms with Crippen LogP contribution in [0.5, 0.6) is 0 Å². The van der Waals surface area contributed by atoms with Crippen molar-refractivity contribution in [2.75, 3.05) is 13.6 Å². The second-order valence-electron chi connectivity index (χ2n) is 4.57. The summed E-state index contributed by atoms with van der Waals surface area (Å²) in [6.45, 7) is 0.381. The molecule has 0 aliphatic heterocycles. The SMILES string of the molecule is CN(CCc1ccncc1)S(=O)(=O)c1ccc(C#N)cc1. The zero-order valence-corrected chi connectivity index (χ0v) is 12.4. The smallest absolute Gasteiger partial charge is 0.242 e. The summed E-state index contributed by atoms with van der Waals surface area (Å²) in [5, 5.41) is 8.74. The fourth-order valence-corrected chi connectivity index (χ4v) is 3.01. The predicted molar refractivity (Wildman–Crippen MR) is 78.9 cm³/mol. The van der Waals surface area contributed by atoms with Gasteiger partial charge in [0.25, 0.3) is 0 Å². The normalized spacial score (nSPS) is 11.3. The van der Waals surface area contributed by atoms with E-state index in [1.54, 1.807) is 19.4 Å². The molecule has 0 atom stereocenters. The van der Waals surface area contributed by atoms with Gasteiger partial charge < -0.3 is 0 Å². The fourth-order valence-electron chi connectivity index (χ4n) is 1.84. The lowest BCUT2D eigenvalue weighted by molar-refractivity contribution is 0.472. The average Bonchev–Trinajstić information content (AvgIpc) is 2.53. The number of aromatic nitrogens is 1. The van der Waals surface area contributed by atoms with Crippen molar-refractivity contribution < 1.29 is 8.42 Å². The fraction of sp³-hybridized carbons (Fsp3) is 0.200. The Kier molecular flexibility index (Phi) is 4.68. The molecule has 2 rings (SSSR count). The van der Waals surface area contributed by atoms with Crippen LogP contribution in [-0.2, 0) is 16.4 Å². The van der Waals surface area contributed by atoms with Crippen LogP contribution >= 0.6 is 0 Å². The molecule has 5 nitrogen and oxygen atoms in total. The molecule has 0 fully saturated rings. The number of hydrogen-bond acceptors (Lipinski definition) is 4. The first-order chi connectivity index (χ1) is 10.0. The quantitative estimate of drug-likeness (QED) is 0.844. The maximum Gasteiger partial charge on any atom is 0.242 e. The van der Waals surface area contributed by atoms with Crippen molar-refractivity contribution in [2.45, 2.75) is 11.3 Å². The van der Waals surface area contributed by atoms with Gasteiger partial charge in [-0.05, 0) is 48.4 Å². The van der Waals surface area contributed by atoms with Crippen LogP contribution in [0.4, 0.5) is 0 Å². The second kappa shape index (κ2) is 6.48. The lowest BCUT2D eigenvalue weighted by atomic mass is 10.2. The van der Waals surface area contributed by atoms with Crippen LogP contribution in [0.15, 0.2) is 53.7 Å². The Labute approximate surface area is 124 Å². The maximum absolute atomic E-state index is 12.4. The Hall–Kier alpha value is -2.23. The summed E-state index contributed by atoms with van der Waals surface area (Å²) < 4.78 is 26.1. The van der Waals surface area contributed by atoms with E-state index < -0.39 is 10.0 Å². The third-order valence-electron chi connectivity index (χ3n) is 3.16. The molecule has 1 aromatic heterocycles. The van der Waals surface area contributed by atoms with Crippen LogP contribution in [0.3, 0.4) is 0 Å². The summed E-state index contributed by atoms with van der Waals surface area (Å²) in [7, 11) is -1.98. The molecular formula is C15H15N3O2S. The van der Waals surface area contributed by atoms with Crippen molar-refractivity contribution in [1.29, 1.82) is 5.26 Å². The standard InChI is InChI=1S/C15H15N3O2S/c1-18(11-8-13-6-9-17-10-7-13)21(19,20)15-4-2-14(12-16)3-5-15/h2-7,9-10H,8,11H2,1H3. The third kappa shape index (κ3) is 3.66. The number of nitrogens with zero attached hydrogens (tertiary/aromatic N) is 3. The van der Waals surface area contributed by atoms with Gasteiger partial charge in [0.05, 0.1) is 16.5 Å². The minimum absolute atomic E-state index is 0.193. The molecule has 0 spiro atoms. The van der Waals surface area contributed by atoms with Gasteiger partial charge in [-0.25, -0.2) is 12.7 Å². The highest BCUT2D eigenvalue weighted by atomic mass is 32.2. The predicted octanol–water partition coefficient (Wildman–Crippen LogP) is 1.82. The minimum atomic E-state index is -3.53. The lowest BCUT2D eigenvalue weighted by Gasteiger charge is -2.17. The minimum Gasteiger partial charge on any atom is -0.265 e. The molecule has 0 aliphatic carbocycles. The van der Waals surface area contributed by atoms with Crippen molar-refractivity contribution >= 4 is 10.0 Å². The summed E-state index contributed by atoms with van der Waals surface area (Å²) in [5.41, 5.74) is 1.47. The van der Waals surface area contributed by atoms with Crippen molar-refractivity contribution in [1.82, 2.24) is 9.29 Å². The Morgan fingerprint density at radius 2 is 1.76 bits per heavy atom. The van der Waals surface area contributed by atoms with Gasteiger partial charge >= 0.3 is 0 Å². The third-order valence-corrected chi connectivity index (χ3v) is 5.03. The first kappa shape index (κ1) is 15.2. The van der Waals surface area contributed by atoms with Gasteiger partial charge in [0.15, 0.2) is 0 Å². The molecule has 21 heavy (non-hydrogen) atoms. The number of rotatable bonds is 5. The molecule has 0 amide bonds. The number of likely N-dealkylation sites (N-methyl/N-ethyl adjacent to an activating group) is 1. The van der Waals surface area contributed by atoms with E-state index in [0.29, 0.717) is 18.5 Å². The Morgan fingerprint density at radius 3 is 2.33 bits per heavy atom. The van der Waals surface area contributed by atoms with Crippen LogP contribution in [-0.4, -0.2) is 31.3 Å². The van der Waals surface area contributed by atoms with Crippen LogP contribution in [0.2, 0.25) is 0 Å². The highest BCUT2D eigenvalue weighted by Crippen LogP contribution is 2.15. The molecule has 2 aromatic rings. The number of benzene rings is 1. The first-order valence-corrected chi connectivity index (χ1v) is 7.83. The second-order valence-corrected chi connectivity index (χ2v) is 6.61. The van der Waals surface area contributed by atoms with Gasteiger partial charge in [-0.1, -0.05) is 0 Å². The van der Waals surface area contributed by atoms with Crippen LogP contribution < -0.4 is 0 Å². The topological polar surface area (TPSA) is 74.1 Å². The van der Waals surface area contributed by atoms with E-state index in [9.17, 15) is 8.42 Å². The first-order valence-electron chi connectivity index (χ1n) is 6.39. The van der Waals surface area contributed by atoms with Gasteiger partial charge in [0.2, 0.25) is 10.0 Å². The maximum atomic E-state index is 12.4. The van der Waals surface area contributed by atoms with E-state index in [4.69, 9.17) is 5.26 Å². The molecule has 6 heteroatoms.